The number of guanidine groups is 1. The Balaban J connectivity index is 2.47. The number of anilines is 1. The highest BCUT2D eigenvalue weighted by Crippen LogP contribution is 2.08. The average molecular weight is 244 g/mol. The molecule has 0 saturated carbocycles. The van der Waals surface area contributed by atoms with Gasteiger partial charge in [0, 0.05) is 5.69 Å². The van der Waals surface area contributed by atoms with Gasteiger partial charge in [0.1, 0.15) is 6.54 Å². The lowest BCUT2D eigenvalue weighted by Gasteiger charge is -2.06. The molecule has 1 amide bonds. The lowest BCUT2D eigenvalue weighted by molar-refractivity contribution is -0.119. The fraction of sp³-hybridized carbons (Fsp3) is 0.231. The summed E-state index contributed by atoms with van der Waals surface area (Å²) in [4.78, 5) is 15.1. The minimum absolute atomic E-state index is 0.0493. The van der Waals surface area contributed by atoms with Gasteiger partial charge in [-0.05, 0) is 24.6 Å². The van der Waals surface area contributed by atoms with Gasteiger partial charge in [-0.15, -0.1) is 6.42 Å². The first kappa shape index (κ1) is 13.6. The summed E-state index contributed by atoms with van der Waals surface area (Å²) in [7, 11) is 0. The summed E-state index contributed by atoms with van der Waals surface area (Å²) in [6.45, 7) is 2.12. The van der Waals surface area contributed by atoms with Crippen molar-refractivity contribution in [3.8, 4) is 12.3 Å². The van der Waals surface area contributed by atoms with Crippen molar-refractivity contribution in [3.05, 3.63) is 29.8 Å². The third kappa shape index (κ3) is 5.03. The molecular weight excluding hydrogens is 228 g/mol. The Bertz CT molecular complexity index is 488. The van der Waals surface area contributed by atoms with Crippen LogP contribution in [-0.2, 0) is 4.79 Å². The number of aryl methyl sites for hydroxylation is 1. The standard InChI is InChI=1S/C13H16N4O/c1-3-7-15-12(18)9-16-13(14)17-11-6-4-5-10(2)8-11/h1,4-6,8H,7,9H2,2H3,(H,15,18)(H3,14,16,17). The number of carbonyl (C=O) groups excluding carboxylic acids is 1. The summed E-state index contributed by atoms with van der Waals surface area (Å²) in [5, 5.41) is 5.40. The van der Waals surface area contributed by atoms with Crippen molar-refractivity contribution in [2.75, 3.05) is 18.4 Å². The molecule has 5 nitrogen and oxygen atoms in total. The number of amides is 1. The Morgan fingerprint density at radius 1 is 1.56 bits per heavy atom. The lowest BCUT2D eigenvalue weighted by atomic mass is 10.2. The Labute approximate surface area is 106 Å². The number of aliphatic imine (C=N–C) groups is 1. The van der Waals surface area contributed by atoms with E-state index in [9.17, 15) is 4.79 Å². The molecule has 0 bridgehead atoms. The van der Waals surface area contributed by atoms with Gasteiger partial charge in [0.15, 0.2) is 5.96 Å². The van der Waals surface area contributed by atoms with Crippen LogP contribution in [0.25, 0.3) is 0 Å². The van der Waals surface area contributed by atoms with E-state index in [4.69, 9.17) is 12.2 Å². The first-order chi connectivity index (χ1) is 8.61. The third-order valence-corrected chi connectivity index (χ3v) is 2.07. The molecule has 18 heavy (non-hydrogen) atoms. The molecule has 5 heteroatoms. The molecule has 0 aliphatic rings. The van der Waals surface area contributed by atoms with Crippen molar-refractivity contribution < 1.29 is 4.79 Å². The van der Waals surface area contributed by atoms with E-state index in [1.165, 1.54) is 0 Å². The molecule has 0 aliphatic heterocycles. The normalized spacial score (nSPS) is 10.6. The summed E-state index contributed by atoms with van der Waals surface area (Å²) in [5.74, 6) is 2.23. The average Bonchev–Trinajstić information content (AvgIpc) is 2.34. The van der Waals surface area contributed by atoms with Gasteiger partial charge >= 0.3 is 0 Å². The van der Waals surface area contributed by atoms with E-state index in [0.29, 0.717) is 0 Å². The molecule has 0 unspecified atom stereocenters. The SMILES string of the molecule is C#CCNC(=O)CN=C(N)Nc1cccc(C)c1. The Hall–Kier alpha value is -2.48. The molecular formula is C13H16N4O. The number of nitrogens with two attached hydrogens (primary N) is 1. The molecule has 94 valence electrons. The maximum Gasteiger partial charge on any atom is 0.242 e. The fourth-order valence-electron chi connectivity index (χ4n) is 1.27. The quantitative estimate of drug-likeness (QED) is 0.409. The molecule has 0 aliphatic carbocycles. The molecule has 1 rings (SSSR count). The van der Waals surface area contributed by atoms with Crippen LogP contribution in [0.2, 0.25) is 0 Å². The summed E-state index contributed by atoms with van der Waals surface area (Å²) in [6.07, 6.45) is 5.01. The smallest absolute Gasteiger partial charge is 0.242 e. The van der Waals surface area contributed by atoms with Crippen molar-refractivity contribution in [2.45, 2.75) is 6.92 Å². The predicted octanol–water partition coefficient (Wildman–Crippen LogP) is 0.471. The van der Waals surface area contributed by atoms with E-state index >= 15 is 0 Å². The number of hydrogen-bond donors (Lipinski definition) is 3. The van der Waals surface area contributed by atoms with Gasteiger partial charge in [0.05, 0.1) is 6.54 Å². The number of nitrogens with zero attached hydrogens (tertiary/aromatic N) is 1. The van der Waals surface area contributed by atoms with Gasteiger partial charge in [-0.3, -0.25) is 4.79 Å². The highest BCUT2D eigenvalue weighted by atomic mass is 16.1. The number of rotatable bonds is 4. The monoisotopic (exact) mass is 244 g/mol. The van der Waals surface area contributed by atoms with Crippen LogP contribution >= 0.6 is 0 Å². The molecule has 0 spiro atoms. The van der Waals surface area contributed by atoms with Crippen LogP contribution in [0.15, 0.2) is 29.3 Å². The molecule has 0 radical (unpaired) electrons. The molecule has 1 aromatic rings. The second kappa shape index (κ2) is 6.97. The Morgan fingerprint density at radius 3 is 3.00 bits per heavy atom. The fourth-order valence-corrected chi connectivity index (χ4v) is 1.27. The molecule has 0 aromatic heterocycles. The van der Waals surface area contributed by atoms with E-state index < -0.39 is 0 Å². The van der Waals surface area contributed by atoms with Crippen molar-refractivity contribution in [1.29, 1.82) is 0 Å². The molecule has 0 fully saturated rings. The summed E-state index contributed by atoms with van der Waals surface area (Å²) < 4.78 is 0. The maximum atomic E-state index is 11.2. The van der Waals surface area contributed by atoms with Crippen molar-refractivity contribution in [2.24, 2.45) is 10.7 Å². The van der Waals surface area contributed by atoms with Crippen molar-refractivity contribution in [1.82, 2.24) is 5.32 Å². The van der Waals surface area contributed by atoms with E-state index in [1.807, 2.05) is 31.2 Å². The minimum atomic E-state index is -0.262. The number of carbonyl (C=O) groups is 1. The van der Waals surface area contributed by atoms with E-state index in [2.05, 4.69) is 21.5 Å². The van der Waals surface area contributed by atoms with E-state index in [1.54, 1.807) is 0 Å². The second-order valence-corrected chi connectivity index (χ2v) is 3.68. The molecule has 0 heterocycles. The summed E-state index contributed by atoms with van der Waals surface area (Å²) in [6, 6.07) is 7.69. The van der Waals surface area contributed by atoms with Gasteiger partial charge in [-0.1, -0.05) is 18.1 Å². The minimum Gasteiger partial charge on any atom is -0.370 e. The zero-order valence-corrected chi connectivity index (χ0v) is 10.2. The van der Waals surface area contributed by atoms with Gasteiger partial charge in [-0.25, -0.2) is 4.99 Å². The number of hydrogen-bond acceptors (Lipinski definition) is 2. The predicted molar refractivity (Wildman–Crippen MR) is 73.1 cm³/mol. The summed E-state index contributed by atoms with van der Waals surface area (Å²) >= 11 is 0. The molecule has 1 aromatic carbocycles. The van der Waals surface area contributed by atoms with Crippen LogP contribution in [0.5, 0.6) is 0 Å². The van der Waals surface area contributed by atoms with Crippen LogP contribution in [-0.4, -0.2) is 25.0 Å². The zero-order chi connectivity index (χ0) is 13.4. The Kier molecular flexibility index (Phi) is 5.26. The van der Waals surface area contributed by atoms with E-state index in [-0.39, 0.29) is 25.0 Å². The highest BCUT2D eigenvalue weighted by molar-refractivity contribution is 5.93. The number of nitrogens with one attached hydrogen (secondary N) is 2. The van der Waals surface area contributed by atoms with E-state index in [0.717, 1.165) is 11.3 Å². The molecule has 0 saturated heterocycles. The van der Waals surface area contributed by atoms with Crippen LogP contribution < -0.4 is 16.4 Å². The van der Waals surface area contributed by atoms with Crippen LogP contribution in [0.4, 0.5) is 5.69 Å². The van der Waals surface area contributed by atoms with Gasteiger partial charge < -0.3 is 16.4 Å². The Morgan fingerprint density at radius 2 is 2.33 bits per heavy atom. The first-order valence-electron chi connectivity index (χ1n) is 5.45. The number of benzene rings is 1. The lowest BCUT2D eigenvalue weighted by Crippen LogP contribution is -2.29. The van der Waals surface area contributed by atoms with Crippen LogP contribution in [0.3, 0.4) is 0 Å². The van der Waals surface area contributed by atoms with Gasteiger partial charge in [-0.2, -0.15) is 0 Å². The topological polar surface area (TPSA) is 79.5 Å². The second-order valence-electron chi connectivity index (χ2n) is 3.68. The molecule has 4 N–H and O–H groups in total. The first-order valence-corrected chi connectivity index (χ1v) is 5.45. The summed E-state index contributed by atoms with van der Waals surface area (Å²) in [5.41, 5.74) is 7.60. The highest BCUT2D eigenvalue weighted by Gasteiger charge is 1.99. The van der Waals surface area contributed by atoms with Crippen molar-refractivity contribution >= 4 is 17.6 Å². The van der Waals surface area contributed by atoms with Gasteiger partial charge in [0.25, 0.3) is 0 Å². The van der Waals surface area contributed by atoms with Crippen LogP contribution in [0, 0.1) is 19.3 Å². The largest absolute Gasteiger partial charge is 0.370 e. The van der Waals surface area contributed by atoms with Crippen molar-refractivity contribution in [3.63, 3.8) is 0 Å². The maximum absolute atomic E-state index is 11.2. The van der Waals surface area contributed by atoms with Gasteiger partial charge in [0.2, 0.25) is 5.91 Å². The molecule has 0 atom stereocenters. The van der Waals surface area contributed by atoms with Crippen LogP contribution in [0.1, 0.15) is 5.56 Å². The third-order valence-electron chi connectivity index (χ3n) is 2.07. The zero-order valence-electron chi connectivity index (χ0n) is 10.2. The number of terminal acetylenes is 1.